The van der Waals surface area contributed by atoms with Gasteiger partial charge in [-0.15, -0.1) is 0 Å². The maximum absolute atomic E-state index is 5.91. The summed E-state index contributed by atoms with van der Waals surface area (Å²) in [4.78, 5) is 0. The van der Waals surface area contributed by atoms with Crippen molar-refractivity contribution >= 4 is 56.8 Å². The van der Waals surface area contributed by atoms with Gasteiger partial charge < -0.3 is 0 Å². The van der Waals surface area contributed by atoms with Gasteiger partial charge in [-0.1, -0.05) is 75.0 Å². The van der Waals surface area contributed by atoms with E-state index in [1.54, 1.807) is 0 Å². The van der Waals surface area contributed by atoms with E-state index in [1.807, 2.05) is 24.3 Å². The van der Waals surface area contributed by atoms with Crippen molar-refractivity contribution in [2.45, 2.75) is 1.93 Å². The van der Waals surface area contributed by atoms with Gasteiger partial charge in [0.1, 0.15) is 0 Å². The van der Waals surface area contributed by atoms with Gasteiger partial charge in [0.05, 0.1) is 1.93 Å². The van der Waals surface area contributed by atoms with Crippen molar-refractivity contribution in [3.63, 3.8) is 0 Å². The molecule has 0 bridgehead atoms. The molecule has 0 aliphatic carbocycles. The normalized spacial score (nSPS) is 10.4. The second kappa shape index (κ2) is 4.11. The van der Waals surface area contributed by atoms with Gasteiger partial charge in [0.15, 0.2) is 0 Å². The molecule has 1 rings (SSSR count). The Morgan fingerprint density at radius 1 is 1.20 bits per heavy atom. The van der Waals surface area contributed by atoms with Gasteiger partial charge in [0, 0.05) is 5.02 Å². The lowest BCUT2D eigenvalue weighted by Crippen LogP contribution is -1.79. The summed E-state index contributed by atoms with van der Waals surface area (Å²) >= 11 is 10.6. The summed E-state index contributed by atoms with van der Waals surface area (Å²) in [5, 5.41) is 0.858. The van der Waals surface area contributed by atoms with Crippen LogP contribution in [0.4, 0.5) is 0 Å². The van der Waals surface area contributed by atoms with Crippen LogP contribution in [0.2, 0.25) is 5.02 Å². The first kappa shape index (κ1) is 9.06. The molecule has 0 spiro atoms. The third kappa shape index (κ3) is 2.23. The second-order valence-electron chi connectivity index (χ2n) is 1.82. The Hall–Kier alpha value is 0.970. The number of rotatable bonds is 1. The highest BCUT2D eigenvalue weighted by molar-refractivity contribution is 14.2. The largest absolute Gasteiger partial charge is 0.0889 e. The van der Waals surface area contributed by atoms with Crippen molar-refractivity contribution in [1.29, 1.82) is 0 Å². The van der Waals surface area contributed by atoms with Crippen molar-refractivity contribution in [2.24, 2.45) is 0 Å². The van der Waals surface area contributed by atoms with E-state index >= 15 is 0 Å². The molecule has 3 heteroatoms. The molecule has 0 aliphatic heterocycles. The Balaban J connectivity index is 3.03. The SMILES string of the molecule is Clc1ccccc1C(I)I. The minimum Gasteiger partial charge on any atom is -0.0840 e. The van der Waals surface area contributed by atoms with E-state index in [1.165, 1.54) is 5.56 Å². The molecule has 54 valence electrons. The summed E-state index contributed by atoms with van der Waals surface area (Å²) < 4.78 is 0.462. The smallest absolute Gasteiger partial charge is 0.0840 e. The van der Waals surface area contributed by atoms with Crippen LogP contribution in [0.15, 0.2) is 24.3 Å². The lowest BCUT2D eigenvalue weighted by molar-refractivity contribution is 1.46. The summed E-state index contributed by atoms with van der Waals surface area (Å²) in [6.07, 6.45) is 0. The first-order chi connectivity index (χ1) is 4.72. The molecule has 0 radical (unpaired) electrons. The Morgan fingerprint density at radius 3 is 2.20 bits per heavy atom. The number of benzene rings is 1. The van der Waals surface area contributed by atoms with Gasteiger partial charge >= 0.3 is 0 Å². The Kier molecular flexibility index (Phi) is 3.72. The van der Waals surface area contributed by atoms with Gasteiger partial charge in [-0.3, -0.25) is 0 Å². The molecule has 0 amide bonds. The molecular formula is C7H5ClI2. The third-order valence-corrected chi connectivity index (χ3v) is 2.83. The van der Waals surface area contributed by atoms with Crippen LogP contribution in [0.25, 0.3) is 0 Å². The quantitative estimate of drug-likeness (QED) is 0.507. The molecule has 0 fully saturated rings. The van der Waals surface area contributed by atoms with Crippen molar-refractivity contribution in [3.05, 3.63) is 34.9 Å². The van der Waals surface area contributed by atoms with Crippen LogP contribution in [0.3, 0.4) is 0 Å². The molecule has 1 aromatic carbocycles. The Labute approximate surface area is 92.6 Å². The van der Waals surface area contributed by atoms with E-state index < -0.39 is 0 Å². The molecule has 0 N–H and O–H groups in total. The summed E-state index contributed by atoms with van der Waals surface area (Å²) in [7, 11) is 0. The Morgan fingerprint density at radius 2 is 1.80 bits per heavy atom. The summed E-state index contributed by atoms with van der Waals surface area (Å²) in [6, 6.07) is 7.92. The second-order valence-corrected chi connectivity index (χ2v) is 7.10. The van der Waals surface area contributed by atoms with Crippen LogP contribution in [0, 0.1) is 0 Å². The number of alkyl halides is 2. The molecule has 0 saturated carbocycles. The zero-order valence-electron chi connectivity index (χ0n) is 5.02. The lowest BCUT2D eigenvalue weighted by Gasteiger charge is -2.02. The maximum atomic E-state index is 5.91. The number of hydrogen-bond donors (Lipinski definition) is 0. The van der Waals surface area contributed by atoms with E-state index in [0.29, 0.717) is 1.93 Å². The zero-order valence-corrected chi connectivity index (χ0v) is 10.1. The van der Waals surface area contributed by atoms with Crippen LogP contribution in [0.1, 0.15) is 7.49 Å². The first-order valence-electron chi connectivity index (χ1n) is 2.74. The fourth-order valence-electron chi connectivity index (χ4n) is 0.652. The molecule has 0 atom stereocenters. The minimum atomic E-state index is 0.462. The fraction of sp³-hybridized carbons (Fsp3) is 0.143. The molecule has 0 saturated heterocycles. The topological polar surface area (TPSA) is 0 Å². The highest BCUT2D eigenvalue weighted by Gasteiger charge is 2.04. The zero-order chi connectivity index (χ0) is 7.56. The van der Waals surface area contributed by atoms with Crippen molar-refractivity contribution in [3.8, 4) is 0 Å². The number of halogens is 3. The highest BCUT2D eigenvalue weighted by Crippen LogP contribution is 2.34. The molecule has 1 aromatic rings. The lowest BCUT2D eigenvalue weighted by atomic mass is 10.2. The molecule has 0 nitrogen and oxygen atoms in total. The van der Waals surface area contributed by atoms with E-state index in [4.69, 9.17) is 11.6 Å². The first-order valence-corrected chi connectivity index (χ1v) is 5.61. The fourth-order valence-corrected chi connectivity index (χ4v) is 2.35. The number of hydrogen-bond acceptors (Lipinski definition) is 0. The van der Waals surface area contributed by atoms with Crippen LogP contribution >= 0.6 is 56.8 Å². The Bertz CT molecular complexity index is 223. The maximum Gasteiger partial charge on any atom is 0.0889 e. The van der Waals surface area contributed by atoms with Crippen molar-refractivity contribution < 1.29 is 0 Å². The van der Waals surface area contributed by atoms with Crippen LogP contribution in [-0.2, 0) is 0 Å². The highest BCUT2D eigenvalue weighted by atomic mass is 127. The predicted molar refractivity (Wildman–Crippen MR) is 62.2 cm³/mol. The van der Waals surface area contributed by atoms with Gasteiger partial charge in [-0.05, 0) is 11.6 Å². The molecule has 0 unspecified atom stereocenters. The van der Waals surface area contributed by atoms with Crippen LogP contribution < -0.4 is 0 Å². The van der Waals surface area contributed by atoms with E-state index in [2.05, 4.69) is 45.2 Å². The van der Waals surface area contributed by atoms with Crippen molar-refractivity contribution in [1.82, 2.24) is 0 Å². The summed E-state index contributed by atoms with van der Waals surface area (Å²) in [5.74, 6) is 0. The molecule has 0 aromatic heterocycles. The summed E-state index contributed by atoms with van der Waals surface area (Å²) in [6.45, 7) is 0. The van der Waals surface area contributed by atoms with Gasteiger partial charge in [0.2, 0.25) is 0 Å². The van der Waals surface area contributed by atoms with E-state index in [0.717, 1.165) is 5.02 Å². The van der Waals surface area contributed by atoms with Gasteiger partial charge in [-0.25, -0.2) is 0 Å². The monoisotopic (exact) mass is 378 g/mol. The average molecular weight is 378 g/mol. The summed E-state index contributed by atoms with van der Waals surface area (Å²) in [5.41, 5.74) is 1.20. The molecule has 0 aliphatic rings. The van der Waals surface area contributed by atoms with Gasteiger partial charge in [0.25, 0.3) is 0 Å². The van der Waals surface area contributed by atoms with E-state index in [-0.39, 0.29) is 0 Å². The molecule has 0 heterocycles. The van der Waals surface area contributed by atoms with Gasteiger partial charge in [-0.2, -0.15) is 0 Å². The van der Waals surface area contributed by atoms with E-state index in [9.17, 15) is 0 Å². The minimum absolute atomic E-state index is 0.462. The third-order valence-electron chi connectivity index (χ3n) is 1.14. The molecule has 10 heavy (non-hydrogen) atoms. The standard InChI is InChI=1S/C7H5ClI2/c8-6-4-2-1-3-5(6)7(9)10/h1-4,7H. The van der Waals surface area contributed by atoms with Crippen LogP contribution in [-0.4, -0.2) is 0 Å². The van der Waals surface area contributed by atoms with Crippen LogP contribution in [0.5, 0.6) is 0 Å². The van der Waals surface area contributed by atoms with Crippen molar-refractivity contribution in [2.75, 3.05) is 0 Å². The predicted octanol–water partition coefficient (Wildman–Crippen LogP) is 4.21. The molecular weight excluding hydrogens is 373 g/mol. The average Bonchev–Trinajstić information content (AvgIpc) is 1.88.